The maximum Gasteiger partial charge on any atom is 0.226 e. The van der Waals surface area contributed by atoms with Gasteiger partial charge in [-0.15, -0.1) is 0 Å². The van der Waals surface area contributed by atoms with Crippen molar-refractivity contribution >= 4 is 11.7 Å². The molecule has 1 aromatic carbocycles. The van der Waals surface area contributed by atoms with E-state index in [2.05, 4.69) is 27.6 Å². The summed E-state index contributed by atoms with van der Waals surface area (Å²) in [6, 6.07) is 10.2. The monoisotopic (exact) mass is 321 g/mol. The fourth-order valence-electron chi connectivity index (χ4n) is 3.41. The maximum absolute atomic E-state index is 12.1. The van der Waals surface area contributed by atoms with Crippen molar-refractivity contribution in [3.05, 3.63) is 65.1 Å². The van der Waals surface area contributed by atoms with Crippen LogP contribution in [-0.4, -0.2) is 25.5 Å². The summed E-state index contributed by atoms with van der Waals surface area (Å²) >= 11 is 0. The zero-order chi connectivity index (χ0) is 16.7. The summed E-state index contributed by atoms with van der Waals surface area (Å²) in [5.41, 5.74) is 4.30. The van der Waals surface area contributed by atoms with Crippen LogP contribution in [0.2, 0.25) is 0 Å². The van der Waals surface area contributed by atoms with Gasteiger partial charge in [-0.2, -0.15) is 10.2 Å². The van der Waals surface area contributed by atoms with Gasteiger partial charge in [-0.25, -0.2) is 0 Å². The first-order valence-corrected chi connectivity index (χ1v) is 8.01. The molecule has 6 heteroatoms. The molecule has 1 aliphatic rings. The summed E-state index contributed by atoms with van der Waals surface area (Å²) in [7, 11) is 1.85. The van der Waals surface area contributed by atoms with Crippen LogP contribution in [0.25, 0.3) is 0 Å². The molecule has 1 unspecified atom stereocenters. The van der Waals surface area contributed by atoms with E-state index in [1.165, 1.54) is 5.56 Å². The number of amides is 1. The molecular formula is C18H19N5O. The van der Waals surface area contributed by atoms with Crippen LogP contribution in [-0.2, 0) is 18.4 Å². The summed E-state index contributed by atoms with van der Waals surface area (Å²) in [6.45, 7) is 2.70. The number of hydrogen-bond donors (Lipinski definition) is 1. The van der Waals surface area contributed by atoms with Crippen LogP contribution in [0.1, 0.15) is 34.7 Å². The van der Waals surface area contributed by atoms with Gasteiger partial charge in [0.2, 0.25) is 5.91 Å². The molecule has 1 amide bonds. The molecule has 2 aromatic heterocycles. The smallest absolute Gasteiger partial charge is 0.226 e. The van der Waals surface area contributed by atoms with Gasteiger partial charge in [0.25, 0.3) is 0 Å². The van der Waals surface area contributed by atoms with E-state index in [0.717, 1.165) is 29.2 Å². The number of hydrogen-bond acceptors (Lipinski definition) is 3. The number of aromatic nitrogens is 4. The fourth-order valence-corrected chi connectivity index (χ4v) is 3.41. The van der Waals surface area contributed by atoms with Gasteiger partial charge >= 0.3 is 0 Å². The number of anilines is 1. The Morgan fingerprint density at radius 2 is 2.08 bits per heavy atom. The van der Waals surface area contributed by atoms with Gasteiger partial charge in [0.05, 0.1) is 18.4 Å². The largest absolute Gasteiger partial charge is 0.311 e. The van der Waals surface area contributed by atoms with Crippen molar-refractivity contribution in [2.75, 3.05) is 5.32 Å². The van der Waals surface area contributed by atoms with E-state index in [4.69, 9.17) is 0 Å². The van der Waals surface area contributed by atoms with Crippen molar-refractivity contribution in [3.8, 4) is 0 Å². The van der Waals surface area contributed by atoms with Gasteiger partial charge in [0, 0.05) is 31.1 Å². The molecule has 0 fully saturated rings. The van der Waals surface area contributed by atoms with Crippen molar-refractivity contribution < 1.29 is 4.79 Å². The van der Waals surface area contributed by atoms with Crippen LogP contribution in [0.5, 0.6) is 0 Å². The standard InChI is InChI=1S/C18H19N5O/c1-12-17-15(8-16(24)20-18(17)22(2)21-12)14-9-19-23(11-14)10-13-6-4-3-5-7-13/h3-7,9,11,15H,8,10H2,1-2H3,(H,20,24). The molecule has 0 saturated carbocycles. The van der Waals surface area contributed by atoms with Crippen molar-refractivity contribution in [3.63, 3.8) is 0 Å². The highest BCUT2D eigenvalue weighted by atomic mass is 16.1. The van der Waals surface area contributed by atoms with Crippen molar-refractivity contribution in [1.29, 1.82) is 0 Å². The van der Waals surface area contributed by atoms with Gasteiger partial charge in [-0.1, -0.05) is 30.3 Å². The van der Waals surface area contributed by atoms with E-state index in [0.29, 0.717) is 6.42 Å². The minimum absolute atomic E-state index is 0.00646. The average molecular weight is 321 g/mol. The number of benzene rings is 1. The van der Waals surface area contributed by atoms with E-state index < -0.39 is 0 Å². The molecule has 4 rings (SSSR count). The summed E-state index contributed by atoms with van der Waals surface area (Å²) in [6.07, 6.45) is 4.32. The van der Waals surface area contributed by atoms with E-state index in [-0.39, 0.29) is 11.8 Å². The Morgan fingerprint density at radius 1 is 1.29 bits per heavy atom. The van der Waals surface area contributed by atoms with E-state index in [1.54, 1.807) is 4.68 Å². The zero-order valence-electron chi connectivity index (χ0n) is 13.7. The number of aryl methyl sites for hydroxylation is 2. The highest BCUT2D eigenvalue weighted by molar-refractivity contribution is 5.94. The molecule has 0 aliphatic carbocycles. The summed E-state index contributed by atoms with van der Waals surface area (Å²) in [5, 5.41) is 11.9. The van der Waals surface area contributed by atoms with Gasteiger partial charge in [-0.3, -0.25) is 14.2 Å². The topological polar surface area (TPSA) is 64.7 Å². The summed E-state index contributed by atoms with van der Waals surface area (Å²) in [5.74, 6) is 0.822. The van der Waals surface area contributed by atoms with Crippen molar-refractivity contribution in [2.24, 2.45) is 7.05 Å². The molecule has 1 aliphatic heterocycles. The molecule has 1 N–H and O–H groups in total. The molecule has 0 saturated heterocycles. The second kappa shape index (κ2) is 5.63. The molecular weight excluding hydrogens is 302 g/mol. The van der Waals surface area contributed by atoms with Crippen molar-refractivity contribution in [2.45, 2.75) is 25.8 Å². The van der Waals surface area contributed by atoms with Crippen LogP contribution < -0.4 is 5.32 Å². The van der Waals surface area contributed by atoms with Gasteiger partial charge in [0.15, 0.2) is 0 Å². The Hall–Kier alpha value is -2.89. The third-order valence-electron chi connectivity index (χ3n) is 4.51. The first-order valence-electron chi connectivity index (χ1n) is 8.01. The van der Waals surface area contributed by atoms with Crippen LogP contribution >= 0.6 is 0 Å². The van der Waals surface area contributed by atoms with E-state index in [9.17, 15) is 4.79 Å². The molecule has 3 aromatic rings. The number of nitrogens with one attached hydrogen (secondary N) is 1. The fraction of sp³-hybridized carbons (Fsp3) is 0.278. The Kier molecular flexibility index (Phi) is 3.45. The Morgan fingerprint density at radius 3 is 2.88 bits per heavy atom. The first kappa shape index (κ1) is 14.7. The van der Waals surface area contributed by atoms with E-state index >= 15 is 0 Å². The van der Waals surface area contributed by atoms with Crippen LogP contribution in [0.4, 0.5) is 5.82 Å². The normalized spacial score (nSPS) is 16.8. The SMILES string of the molecule is Cc1nn(C)c2c1C(c1cnn(Cc3ccccc3)c1)CC(=O)N2. The number of fused-ring (bicyclic) bond motifs is 1. The quantitative estimate of drug-likeness (QED) is 0.806. The van der Waals surface area contributed by atoms with E-state index in [1.807, 2.05) is 49.2 Å². The predicted molar refractivity (Wildman–Crippen MR) is 90.8 cm³/mol. The maximum atomic E-state index is 12.1. The number of carbonyl (C=O) groups excluding carboxylic acids is 1. The van der Waals surface area contributed by atoms with Gasteiger partial charge in [-0.05, 0) is 18.1 Å². The third-order valence-corrected chi connectivity index (χ3v) is 4.51. The lowest BCUT2D eigenvalue weighted by molar-refractivity contribution is -0.116. The molecule has 6 nitrogen and oxygen atoms in total. The molecule has 0 spiro atoms. The number of rotatable bonds is 3. The Labute approximate surface area is 140 Å². The minimum atomic E-state index is 0.00646. The van der Waals surface area contributed by atoms with Gasteiger partial charge < -0.3 is 5.32 Å². The number of carbonyl (C=O) groups is 1. The molecule has 0 radical (unpaired) electrons. The van der Waals surface area contributed by atoms with Crippen LogP contribution in [0.3, 0.4) is 0 Å². The second-order valence-corrected chi connectivity index (χ2v) is 6.23. The highest BCUT2D eigenvalue weighted by Crippen LogP contribution is 2.38. The second-order valence-electron chi connectivity index (χ2n) is 6.23. The number of nitrogens with zero attached hydrogens (tertiary/aromatic N) is 4. The van der Waals surface area contributed by atoms with Gasteiger partial charge in [0.1, 0.15) is 5.82 Å². The molecule has 0 bridgehead atoms. The lowest BCUT2D eigenvalue weighted by atomic mass is 9.87. The summed E-state index contributed by atoms with van der Waals surface area (Å²) < 4.78 is 3.66. The third kappa shape index (κ3) is 2.50. The Balaban J connectivity index is 1.67. The first-order chi connectivity index (χ1) is 11.6. The molecule has 24 heavy (non-hydrogen) atoms. The molecule has 3 heterocycles. The Bertz CT molecular complexity index is 894. The minimum Gasteiger partial charge on any atom is -0.311 e. The lowest BCUT2D eigenvalue weighted by Crippen LogP contribution is -2.24. The average Bonchev–Trinajstić information content (AvgIpc) is 3.13. The van der Waals surface area contributed by atoms with Crippen LogP contribution in [0.15, 0.2) is 42.7 Å². The molecule has 1 atom stereocenters. The predicted octanol–water partition coefficient (Wildman–Crippen LogP) is 2.45. The lowest BCUT2D eigenvalue weighted by Gasteiger charge is -2.22. The summed E-state index contributed by atoms with van der Waals surface area (Å²) in [4.78, 5) is 12.1. The van der Waals surface area contributed by atoms with Crippen LogP contribution in [0, 0.1) is 6.92 Å². The van der Waals surface area contributed by atoms with Crippen molar-refractivity contribution in [1.82, 2.24) is 19.6 Å². The zero-order valence-corrected chi connectivity index (χ0v) is 13.7. The molecule has 122 valence electrons. The highest BCUT2D eigenvalue weighted by Gasteiger charge is 2.32.